The van der Waals surface area contributed by atoms with E-state index in [0.717, 1.165) is 5.32 Å². The van der Waals surface area contributed by atoms with Gasteiger partial charge in [0.2, 0.25) is 0 Å². The summed E-state index contributed by atoms with van der Waals surface area (Å²) in [6.45, 7) is 6.94. The van der Waals surface area contributed by atoms with Crippen molar-refractivity contribution in [3.63, 3.8) is 0 Å². The van der Waals surface area contributed by atoms with E-state index in [1.807, 2.05) is 6.07 Å². The van der Waals surface area contributed by atoms with E-state index in [1.165, 1.54) is 4.46 Å². The molecule has 2 aliphatic heterocycles. The maximum absolute atomic E-state index is 5.97. The topological polar surface area (TPSA) is 31.0 Å². The maximum atomic E-state index is 5.97. The predicted octanol–water partition coefficient (Wildman–Crippen LogP) is 1.52. The van der Waals surface area contributed by atoms with Gasteiger partial charge in [0.25, 0.3) is 0 Å². The van der Waals surface area contributed by atoms with Crippen LogP contribution in [-0.4, -0.2) is 45.7 Å². The fraction of sp³-hybridized carbons (Fsp3) is 0.467. The van der Waals surface area contributed by atoms with Crippen LogP contribution in [0.3, 0.4) is 0 Å². The summed E-state index contributed by atoms with van der Waals surface area (Å²) in [6.07, 6.45) is 1.96. The van der Waals surface area contributed by atoms with Crippen molar-refractivity contribution in [2.45, 2.75) is 29.7 Å². The molecule has 0 spiro atoms. The first kappa shape index (κ1) is 13.3. The molecule has 2 saturated heterocycles. The van der Waals surface area contributed by atoms with Crippen molar-refractivity contribution in [2.75, 3.05) is 13.2 Å². The van der Waals surface area contributed by atoms with Gasteiger partial charge in [-0.3, -0.25) is 0 Å². The van der Waals surface area contributed by atoms with E-state index >= 15 is 0 Å². The molecule has 3 nitrogen and oxygen atoms in total. The Hall–Kier alpha value is -0.641. The minimum absolute atomic E-state index is 0.198. The summed E-state index contributed by atoms with van der Waals surface area (Å²) < 4.78 is 19.0. The molecule has 3 atom stereocenters. The van der Waals surface area contributed by atoms with Crippen LogP contribution >= 0.6 is 0 Å². The fourth-order valence-electron chi connectivity index (χ4n) is 2.44. The molecule has 1 aromatic carbocycles. The van der Waals surface area contributed by atoms with Crippen LogP contribution in [-0.2, 0) is 14.2 Å². The molecule has 102 valence electrons. The predicted molar refractivity (Wildman–Crippen MR) is 74.7 cm³/mol. The number of ether oxygens (including phenoxy) is 3. The van der Waals surface area contributed by atoms with E-state index in [4.69, 9.17) is 14.2 Å². The molecule has 4 heteroatoms. The van der Waals surface area contributed by atoms with Crippen LogP contribution < -0.4 is 4.46 Å². The number of benzene rings is 1. The summed E-state index contributed by atoms with van der Waals surface area (Å²) in [5.41, 5.74) is -0.271. The third-order valence-corrected chi connectivity index (χ3v) is 6.15. The van der Waals surface area contributed by atoms with Crippen molar-refractivity contribution in [1.29, 1.82) is 0 Å². The summed E-state index contributed by atoms with van der Waals surface area (Å²) in [4.78, 5) is 0. The van der Waals surface area contributed by atoms with Crippen LogP contribution in [0.1, 0.15) is 6.92 Å². The molecule has 0 unspecified atom stereocenters. The van der Waals surface area contributed by atoms with Crippen molar-refractivity contribution in [3.8, 4) is 0 Å². The van der Waals surface area contributed by atoms with Crippen molar-refractivity contribution < 1.29 is 14.2 Å². The van der Waals surface area contributed by atoms with Gasteiger partial charge in [0.1, 0.15) is 0 Å². The van der Waals surface area contributed by atoms with E-state index in [1.54, 1.807) is 6.08 Å². The van der Waals surface area contributed by atoms with Crippen molar-refractivity contribution >= 4 is 19.4 Å². The van der Waals surface area contributed by atoms with Gasteiger partial charge in [-0.25, -0.2) is 0 Å². The Morgan fingerprint density at radius 2 is 2.26 bits per heavy atom. The Balaban J connectivity index is 1.72. The molecular formula is C15H18O3Se. The van der Waals surface area contributed by atoms with Crippen LogP contribution in [0.15, 0.2) is 43.0 Å². The molecule has 1 aromatic rings. The Bertz CT molecular complexity index is 462. The Kier molecular flexibility index (Phi) is 3.54. The molecular weight excluding hydrogens is 307 g/mol. The third-order valence-electron chi connectivity index (χ3n) is 3.77. The SMILES string of the molecule is C=CCO[C@@]1(C[Se]c2ccccc2)OC[C@@H]2O[C@@]21C. The second-order valence-corrected chi connectivity index (χ2v) is 7.18. The summed E-state index contributed by atoms with van der Waals surface area (Å²) >= 11 is 0.312. The Morgan fingerprint density at radius 1 is 1.47 bits per heavy atom. The van der Waals surface area contributed by atoms with Gasteiger partial charge in [-0.1, -0.05) is 0 Å². The normalized spacial score (nSPS) is 35.9. The zero-order chi connectivity index (χ0) is 13.3. The van der Waals surface area contributed by atoms with Gasteiger partial charge in [-0.15, -0.1) is 0 Å². The first-order valence-corrected chi connectivity index (χ1v) is 8.51. The molecule has 2 heterocycles. The molecule has 0 aromatic heterocycles. The van der Waals surface area contributed by atoms with Gasteiger partial charge in [0.05, 0.1) is 0 Å². The van der Waals surface area contributed by atoms with Gasteiger partial charge in [-0.2, -0.15) is 0 Å². The molecule has 0 amide bonds. The first-order chi connectivity index (χ1) is 9.20. The van der Waals surface area contributed by atoms with Gasteiger partial charge in [0, 0.05) is 0 Å². The summed E-state index contributed by atoms with van der Waals surface area (Å²) in [5, 5.41) is 0.866. The van der Waals surface area contributed by atoms with Crippen LogP contribution in [0.4, 0.5) is 0 Å². The minimum atomic E-state index is -0.596. The third kappa shape index (κ3) is 2.28. The van der Waals surface area contributed by atoms with Crippen LogP contribution in [0, 0.1) is 0 Å². The molecule has 0 saturated carbocycles. The zero-order valence-corrected chi connectivity index (χ0v) is 12.7. The van der Waals surface area contributed by atoms with Crippen molar-refractivity contribution in [2.24, 2.45) is 0 Å². The quantitative estimate of drug-likeness (QED) is 0.451. The number of hydrogen-bond acceptors (Lipinski definition) is 3. The Labute approximate surface area is 120 Å². The second-order valence-electron chi connectivity index (χ2n) is 4.98. The van der Waals surface area contributed by atoms with Gasteiger partial charge < -0.3 is 0 Å². The molecule has 19 heavy (non-hydrogen) atoms. The molecule has 3 rings (SSSR count). The average Bonchev–Trinajstić information content (AvgIpc) is 3.05. The molecule has 0 N–H and O–H groups in total. The molecule has 0 aliphatic carbocycles. The van der Waals surface area contributed by atoms with Crippen molar-refractivity contribution in [1.82, 2.24) is 0 Å². The molecule has 2 fully saturated rings. The summed E-state index contributed by atoms with van der Waals surface area (Å²) in [6, 6.07) is 10.5. The van der Waals surface area contributed by atoms with Crippen LogP contribution in [0.2, 0.25) is 5.32 Å². The van der Waals surface area contributed by atoms with E-state index in [9.17, 15) is 0 Å². The second kappa shape index (κ2) is 5.04. The molecule has 0 bridgehead atoms. The number of epoxide rings is 1. The van der Waals surface area contributed by atoms with E-state index < -0.39 is 5.79 Å². The van der Waals surface area contributed by atoms with Gasteiger partial charge >= 0.3 is 120 Å². The van der Waals surface area contributed by atoms with Gasteiger partial charge in [0.15, 0.2) is 0 Å². The standard InChI is InChI=1S/C15H18O3Se/c1-3-9-16-15(14(2)13(18-14)10-17-15)11-19-12-7-5-4-6-8-12/h3-8,13H,1,9-11H2,2H3/t13-,14-,15-/m0/s1. The van der Waals surface area contributed by atoms with Gasteiger partial charge in [-0.05, 0) is 0 Å². The van der Waals surface area contributed by atoms with E-state index in [-0.39, 0.29) is 11.7 Å². The summed E-state index contributed by atoms with van der Waals surface area (Å²) in [5.74, 6) is -0.596. The number of hydrogen-bond donors (Lipinski definition) is 0. The number of fused-ring (bicyclic) bond motifs is 1. The fourth-order valence-corrected chi connectivity index (χ4v) is 4.88. The summed E-state index contributed by atoms with van der Waals surface area (Å²) in [7, 11) is 0. The van der Waals surface area contributed by atoms with E-state index in [2.05, 4.69) is 37.8 Å². The molecule has 0 radical (unpaired) electrons. The van der Waals surface area contributed by atoms with E-state index in [0.29, 0.717) is 28.2 Å². The average molecular weight is 325 g/mol. The Morgan fingerprint density at radius 3 is 2.84 bits per heavy atom. The monoisotopic (exact) mass is 326 g/mol. The van der Waals surface area contributed by atoms with Crippen LogP contribution in [0.5, 0.6) is 0 Å². The number of rotatable bonds is 6. The van der Waals surface area contributed by atoms with Crippen molar-refractivity contribution in [3.05, 3.63) is 43.0 Å². The molecule has 2 aliphatic rings. The van der Waals surface area contributed by atoms with Crippen LogP contribution in [0.25, 0.3) is 0 Å². The zero-order valence-electron chi connectivity index (χ0n) is 11.0. The first-order valence-electron chi connectivity index (χ1n) is 6.45.